The van der Waals surface area contributed by atoms with Crippen LogP contribution in [0.25, 0.3) is 0 Å². The van der Waals surface area contributed by atoms with Gasteiger partial charge in [-0.05, 0) is 30.7 Å². The Morgan fingerprint density at radius 3 is 2.79 bits per heavy atom. The van der Waals surface area contributed by atoms with Crippen LogP contribution in [-0.2, 0) is 6.54 Å². The fraction of sp³-hybridized carbons (Fsp3) is 0.154. The van der Waals surface area contributed by atoms with Gasteiger partial charge in [0.25, 0.3) is 5.69 Å². The molecule has 1 heterocycles. The number of nitro benzene ring substituents is 1. The van der Waals surface area contributed by atoms with Crippen LogP contribution in [0.5, 0.6) is 5.75 Å². The topological polar surface area (TPSA) is 88.3 Å². The number of aromatic nitrogens is 1. The highest BCUT2D eigenvalue weighted by atomic mass is 16.6. The summed E-state index contributed by atoms with van der Waals surface area (Å²) < 4.78 is 0. The molecule has 0 atom stereocenters. The highest BCUT2D eigenvalue weighted by Gasteiger charge is 2.14. The van der Waals surface area contributed by atoms with Crippen molar-refractivity contribution in [2.45, 2.75) is 13.5 Å². The van der Waals surface area contributed by atoms with E-state index in [4.69, 9.17) is 0 Å². The summed E-state index contributed by atoms with van der Waals surface area (Å²) in [6.45, 7) is 2.32. The number of nitro groups is 1. The number of phenols is 1. The molecule has 2 rings (SSSR count). The maximum Gasteiger partial charge on any atom is 0.296 e. The number of hydrogen-bond acceptors (Lipinski definition) is 5. The Morgan fingerprint density at radius 2 is 2.16 bits per heavy atom. The molecule has 0 saturated heterocycles. The van der Waals surface area contributed by atoms with Gasteiger partial charge in [-0.2, -0.15) is 0 Å². The van der Waals surface area contributed by atoms with Gasteiger partial charge >= 0.3 is 0 Å². The average Bonchev–Trinajstić information content (AvgIpc) is 2.39. The van der Waals surface area contributed by atoms with E-state index in [0.717, 1.165) is 17.3 Å². The van der Waals surface area contributed by atoms with Gasteiger partial charge in [-0.15, -0.1) is 0 Å². The number of nitrogens with one attached hydrogen (secondary N) is 1. The van der Waals surface area contributed by atoms with E-state index in [2.05, 4.69) is 10.3 Å². The van der Waals surface area contributed by atoms with Gasteiger partial charge in [0.05, 0.1) is 11.0 Å². The molecule has 0 spiro atoms. The van der Waals surface area contributed by atoms with Gasteiger partial charge in [0.15, 0.2) is 0 Å². The first-order valence-corrected chi connectivity index (χ1v) is 5.69. The molecule has 0 bridgehead atoms. The zero-order valence-corrected chi connectivity index (χ0v) is 10.3. The fourth-order valence-electron chi connectivity index (χ4n) is 1.62. The van der Waals surface area contributed by atoms with Crippen LogP contribution in [-0.4, -0.2) is 15.0 Å². The molecule has 0 aliphatic heterocycles. The highest BCUT2D eigenvalue weighted by molar-refractivity contribution is 5.63. The maximum atomic E-state index is 10.9. The minimum atomic E-state index is -0.532. The lowest BCUT2D eigenvalue weighted by molar-refractivity contribution is -0.384. The van der Waals surface area contributed by atoms with Crippen LogP contribution in [0.3, 0.4) is 0 Å². The van der Waals surface area contributed by atoms with Crippen LogP contribution in [0.15, 0.2) is 36.5 Å². The molecule has 1 aromatic carbocycles. The second-order valence-corrected chi connectivity index (χ2v) is 4.12. The lowest BCUT2D eigenvalue weighted by Crippen LogP contribution is -2.03. The first-order chi connectivity index (χ1) is 9.06. The van der Waals surface area contributed by atoms with E-state index in [-0.39, 0.29) is 11.4 Å². The number of phenolic OH excluding ortho intramolecular Hbond substituents is 1. The van der Waals surface area contributed by atoms with Gasteiger partial charge in [0.1, 0.15) is 11.4 Å². The Labute approximate surface area is 109 Å². The quantitative estimate of drug-likeness (QED) is 0.500. The van der Waals surface area contributed by atoms with E-state index in [1.54, 1.807) is 6.20 Å². The molecule has 0 aliphatic rings. The number of aryl methyl sites for hydroxylation is 1. The van der Waals surface area contributed by atoms with Crippen molar-refractivity contribution in [1.29, 1.82) is 0 Å². The molecule has 1 aromatic heterocycles. The molecule has 0 amide bonds. The fourth-order valence-corrected chi connectivity index (χ4v) is 1.62. The summed E-state index contributed by atoms with van der Waals surface area (Å²) in [5.41, 5.74) is 2.05. The van der Waals surface area contributed by atoms with Crippen LogP contribution in [0.1, 0.15) is 11.3 Å². The standard InChI is InChI=1S/C13H13N3O3/c1-9-2-3-10(7-14-9)8-15-12-5-4-11(17)6-13(12)16(18)19/h2-7,15,17H,8H2,1H3. The number of hydrogen-bond donors (Lipinski definition) is 2. The first kappa shape index (κ1) is 12.8. The minimum absolute atomic E-state index is 0.130. The van der Waals surface area contributed by atoms with Crippen LogP contribution >= 0.6 is 0 Å². The van der Waals surface area contributed by atoms with Crippen LogP contribution in [0, 0.1) is 17.0 Å². The Bertz CT molecular complexity index is 597. The van der Waals surface area contributed by atoms with Crippen molar-refractivity contribution in [3.63, 3.8) is 0 Å². The summed E-state index contributed by atoms with van der Waals surface area (Å²) in [5, 5.41) is 23.1. The molecular formula is C13H13N3O3. The molecule has 2 aromatic rings. The summed E-state index contributed by atoms with van der Waals surface area (Å²) in [5.74, 6) is -0.130. The molecule has 98 valence electrons. The number of aromatic hydroxyl groups is 1. The smallest absolute Gasteiger partial charge is 0.296 e. The molecule has 0 aliphatic carbocycles. The SMILES string of the molecule is Cc1ccc(CNc2ccc(O)cc2[N+](=O)[O-])cn1. The second-order valence-electron chi connectivity index (χ2n) is 4.12. The predicted octanol–water partition coefficient (Wildman–Crippen LogP) is 2.62. The van der Waals surface area contributed by atoms with Gasteiger partial charge in [0, 0.05) is 18.4 Å². The molecule has 0 radical (unpaired) electrons. The normalized spacial score (nSPS) is 10.2. The third-order valence-corrected chi connectivity index (χ3v) is 2.63. The van der Waals surface area contributed by atoms with Crippen molar-refractivity contribution in [3.05, 3.63) is 57.9 Å². The van der Waals surface area contributed by atoms with Crippen molar-refractivity contribution in [1.82, 2.24) is 4.98 Å². The van der Waals surface area contributed by atoms with Crippen molar-refractivity contribution in [2.24, 2.45) is 0 Å². The molecule has 19 heavy (non-hydrogen) atoms. The summed E-state index contributed by atoms with van der Waals surface area (Å²) in [6.07, 6.45) is 1.72. The van der Waals surface area contributed by atoms with Crippen molar-refractivity contribution >= 4 is 11.4 Å². The summed E-state index contributed by atoms with van der Waals surface area (Å²) in [4.78, 5) is 14.5. The Kier molecular flexibility index (Phi) is 3.61. The second kappa shape index (κ2) is 5.34. The first-order valence-electron chi connectivity index (χ1n) is 5.69. The molecule has 6 nitrogen and oxygen atoms in total. The predicted molar refractivity (Wildman–Crippen MR) is 71.1 cm³/mol. The Morgan fingerprint density at radius 1 is 1.37 bits per heavy atom. The Balaban J connectivity index is 2.15. The minimum Gasteiger partial charge on any atom is -0.508 e. The largest absolute Gasteiger partial charge is 0.508 e. The monoisotopic (exact) mass is 259 g/mol. The molecular weight excluding hydrogens is 246 g/mol. The van der Waals surface area contributed by atoms with Crippen LogP contribution < -0.4 is 5.32 Å². The van der Waals surface area contributed by atoms with Crippen LogP contribution in [0.4, 0.5) is 11.4 Å². The van der Waals surface area contributed by atoms with Crippen molar-refractivity contribution in [2.75, 3.05) is 5.32 Å². The van der Waals surface area contributed by atoms with Gasteiger partial charge in [-0.3, -0.25) is 15.1 Å². The molecule has 2 N–H and O–H groups in total. The summed E-state index contributed by atoms with van der Waals surface area (Å²) >= 11 is 0. The number of anilines is 1. The molecule has 6 heteroatoms. The highest BCUT2D eigenvalue weighted by Crippen LogP contribution is 2.28. The van der Waals surface area contributed by atoms with Gasteiger partial charge in [-0.1, -0.05) is 6.07 Å². The number of benzene rings is 1. The van der Waals surface area contributed by atoms with E-state index in [1.165, 1.54) is 12.1 Å². The molecule has 0 fully saturated rings. The third-order valence-electron chi connectivity index (χ3n) is 2.63. The van der Waals surface area contributed by atoms with Crippen molar-refractivity contribution in [3.8, 4) is 5.75 Å². The average molecular weight is 259 g/mol. The van der Waals surface area contributed by atoms with Crippen molar-refractivity contribution < 1.29 is 10.0 Å². The third kappa shape index (κ3) is 3.19. The molecule has 0 unspecified atom stereocenters. The van der Waals surface area contributed by atoms with E-state index in [1.807, 2.05) is 19.1 Å². The van der Waals surface area contributed by atoms with Gasteiger partial charge in [-0.25, -0.2) is 0 Å². The van der Waals surface area contributed by atoms with Crippen LogP contribution in [0.2, 0.25) is 0 Å². The number of rotatable bonds is 4. The zero-order valence-electron chi connectivity index (χ0n) is 10.3. The van der Waals surface area contributed by atoms with E-state index in [0.29, 0.717) is 12.2 Å². The summed E-state index contributed by atoms with van der Waals surface area (Å²) in [6, 6.07) is 7.79. The van der Waals surface area contributed by atoms with E-state index >= 15 is 0 Å². The lowest BCUT2D eigenvalue weighted by atomic mass is 10.2. The summed E-state index contributed by atoms with van der Waals surface area (Å²) in [7, 11) is 0. The molecule has 0 saturated carbocycles. The Hall–Kier alpha value is -2.63. The maximum absolute atomic E-state index is 10.9. The van der Waals surface area contributed by atoms with Gasteiger partial charge < -0.3 is 10.4 Å². The zero-order chi connectivity index (χ0) is 13.8. The van der Waals surface area contributed by atoms with E-state index in [9.17, 15) is 15.2 Å². The number of nitrogens with zero attached hydrogens (tertiary/aromatic N) is 2. The number of pyridine rings is 1. The van der Waals surface area contributed by atoms with Gasteiger partial charge in [0.2, 0.25) is 0 Å². The lowest BCUT2D eigenvalue weighted by Gasteiger charge is -2.07. The van der Waals surface area contributed by atoms with E-state index < -0.39 is 4.92 Å².